The highest BCUT2D eigenvalue weighted by Gasteiger charge is 2.27. The van der Waals surface area contributed by atoms with Crippen LogP contribution >= 0.6 is 43.5 Å². The van der Waals surface area contributed by atoms with Crippen LogP contribution in [0, 0.1) is 0 Å². The van der Waals surface area contributed by atoms with Crippen molar-refractivity contribution in [2.45, 2.75) is 18.8 Å². The van der Waals surface area contributed by atoms with Crippen molar-refractivity contribution in [2.24, 2.45) is 0 Å². The molecule has 1 aromatic carbocycles. The molecule has 0 spiro atoms. The van der Waals surface area contributed by atoms with Gasteiger partial charge in [-0.05, 0) is 40.9 Å². The maximum absolute atomic E-state index is 6.19. The zero-order valence-corrected chi connectivity index (χ0v) is 12.1. The Bertz CT molecular complexity index is 582. The first-order chi connectivity index (χ1) is 7.65. The van der Waals surface area contributed by atoms with Crippen LogP contribution < -0.4 is 0 Å². The molecule has 1 heterocycles. The van der Waals surface area contributed by atoms with Gasteiger partial charge in [0.2, 0.25) is 0 Å². The fraction of sp³-hybridized carbons (Fsp3) is 0.273. The third-order valence-electron chi connectivity index (χ3n) is 2.63. The number of aromatic nitrogens is 2. The van der Waals surface area contributed by atoms with Crippen LogP contribution in [-0.4, -0.2) is 9.97 Å². The fourth-order valence-electron chi connectivity index (χ4n) is 1.66. The van der Waals surface area contributed by atoms with Crippen LogP contribution in [0.2, 0.25) is 5.15 Å². The molecule has 0 atom stereocenters. The van der Waals surface area contributed by atoms with Crippen molar-refractivity contribution in [3.8, 4) is 0 Å². The minimum atomic E-state index is 0.512. The van der Waals surface area contributed by atoms with Gasteiger partial charge in [0.25, 0.3) is 0 Å². The minimum absolute atomic E-state index is 0.512. The van der Waals surface area contributed by atoms with Crippen molar-refractivity contribution in [1.82, 2.24) is 9.97 Å². The molecule has 1 aliphatic carbocycles. The van der Waals surface area contributed by atoms with E-state index >= 15 is 0 Å². The highest BCUT2D eigenvalue weighted by atomic mass is 79.9. The van der Waals surface area contributed by atoms with Gasteiger partial charge in [-0.1, -0.05) is 27.5 Å². The smallest absolute Gasteiger partial charge is 0.140 e. The average Bonchev–Trinajstić information content (AvgIpc) is 3.02. The van der Waals surface area contributed by atoms with E-state index in [1.54, 1.807) is 0 Å². The van der Waals surface area contributed by atoms with Gasteiger partial charge in [0.05, 0.1) is 5.52 Å². The number of halogens is 3. The number of nitrogens with zero attached hydrogens (tertiary/aromatic N) is 2. The van der Waals surface area contributed by atoms with Gasteiger partial charge >= 0.3 is 0 Å². The first-order valence-electron chi connectivity index (χ1n) is 4.97. The Morgan fingerprint density at radius 1 is 1.19 bits per heavy atom. The maximum atomic E-state index is 6.19. The minimum Gasteiger partial charge on any atom is -0.231 e. The topological polar surface area (TPSA) is 25.8 Å². The van der Waals surface area contributed by atoms with Gasteiger partial charge in [0.1, 0.15) is 11.0 Å². The number of rotatable bonds is 1. The van der Waals surface area contributed by atoms with E-state index in [1.807, 2.05) is 12.1 Å². The third-order valence-corrected chi connectivity index (χ3v) is 3.98. The predicted octanol–water partition coefficient (Wildman–Crippen LogP) is 4.69. The first-order valence-corrected chi connectivity index (χ1v) is 6.94. The summed E-state index contributed by atoms with van der Waals surface area (Å²) in [6.45, 7) is 0. The van der Waals surface area contributed by atoms with E-state index in [9.17, 15) is 0 Å². The SMILES string of the molecule is Clc1nc(C2CC2)nc2c(Br)cc(Br)cc12. The summed E-state index contributed by atoms with van der Waals surface area (Å²) >= 11 is 13.1. The molecule has 1 aromatic heterocycles. The van der Waals surface area contributed by atoms with Crippen molar-refractivity contribution < 1.29 is 0 Å². The van der Waals surface area contributed by atoms with Gasteiger partial charge in [0.15, 0.2) is 0 Å². The van der Waals surface area contributed by atoms with Crippen LogP contribution in [0.1, 0.15) is 24.6 Å². The van der Waals surface area contributed by atoms with Gasteiger partial charge in [-0.15, -0.1) is 0 Å². The molecule has 1 saturated carbocycles. The van der Waals surface area contributed by atoms with Gasteiger partial charge in [-0.2, -0.15) is 0 Å². The van der Waals surface area contributed by atoms with Crippen LogP contribution in [0.15, 0.2) is 21.1 Å². The molecule has 2 nitrogen and oxygen atoms in total. The zero-order chi connectivity index (χ0) is 11.3. The lowest BCUT2D eigenvalue weighted by Crippen LogP contribution is -1.95. The molecule has 2 aromatic rings. The molecule has 0 saturated heterocycles. The summed E-state index contributed by atoms with van der Waals surface area (Å²) < 4.78 is 1.92. The Kier molecular flexibility index (Phi) is 2.68. The molecule has 3 rings (SSSR count). The second kappa shape index (κ2) is 3.93. The summed E-state index contributed by atoms with van der Waals surface area (Å²) in [6.07, 6.45) is 2.35. The molecule has 0 amide bonds. The Balaban J connectivity index is 2.32. The Labute approximate surface area is 115 Å². The van der Waals surface area contributed by atoms with Crippen LogP contribution in [0.25, 0.3) is 10.9 Å². The van der Waals surface area contributed by atoms with Gasteiger partial charge < -0.3 is 0 Å². The van der Waals surface area contributed by atoms with Crippen molar-refractivity contribution >= 4 is 54.4 Å². The molecule has 82 valence electrons. The van der Waals surface area contributed by atoms with Crippen molar-refractivity contribution in [3.05, 3.63) is 32.1 Å². The van der Waals surface area contributed by atoms with E-state index in [2.05, 4.69) is 41.8 Å². The largest absolute Gasteiger partial charge is 0.231 e. The molecular formula is C11H7Br2ClN2. The predicted molar refractivity (Wildman–Crippen MR) is 71.9 cm³/mol. The molecule has 5 heteroatoms. The summed E-state index contributed by atoms with van der Waals surface area (Å²) in [5.41, 5.74) is 0.894. The number of hydrogen-bond donors (Lipinski definition) is 0. The summed E-state index contributed by atoms with van der Waals surface area (Å²) in [5, 5.41) is 1.42. The van der Waals surface area contributed by atoms with Gasteiger partial charge in [-0.3, -0.25) is 0 Å². The maximum Gasteiger partial charge on any atom is 0.140 e. The average molecular weight is 362 g/mol. The number of benzene rings is 1. The van der Waals surface area contributed by atoms with E-state index in [-0.39, 0.29) is 0 Å². The summed E-state index contributed by atoms with van der Waals surface area (Å²) in [6, 6.07) is 3.92. The van der Waals surface area contributed by atoms with E-state index in [4.69, 9.17) is 11.6 Å². The number of hydrogen-bond acceptors (Lipinski definition) is 2. The molecule has 16 heavy (non-hydrogen) atoms. The molecule has 0 aliphatic heterocycles. The molecule has 1 aliphatic rings. The molecular weight excluding hydrogens is 355 g/mol. The summed E-state index contributed by atoms with van der Waals surface area (Å²) in [5.74, 6) is 1.39. The molecule has 0 unspecified atom stereocenters. The first kappa shape index (κ1) is 10.9. The third kappa shape index (κ3) is 1.87. The van der Waals surface area contributed by atoms with Crippen LogP contribution in [-0.2, 0) is 0 Å². The van der Waals surface area contributed by atoms with Crippen LogP contribution in [0.4, 0.5) is 0 Å². The molecule has 0 bridgehead atoms. The van der Waals surface area contributed by atoms with Crippen molar-refractivity contribution in [3.63, 3.8) is 0 Å². The summed E-state index contributed by atoms with van der Waals surface area (Å²) in [4.78, 5) is 8.93. The van der Waals surface area contributed by atoms with Crippen molar-refractivity contribution in [1.29, 1.82) is 0 Å². The van der Waals surface area contributed by atoms with E-state index in [1.165, 1.54) is 12.8 Å². The summed E-state index contributed by atoms with van der Waals surface area (Å²) in [7, 11) is 0. The Morgan fingerprint density at radius 2 is 1.94 bits per heavy atom. The highest BCUT2D eigenvalue weighted by Crippen LogP contribution is 2.40. The monoisotopic (exact) mass is 360 g/mol. The van der Waals surface area contributed by atoms with Crippen LogP contribution in [0.3, 0.4) is 0 Å². The molecule has 0 radical (unpaired) electrons. The second-order valence-electron chi connectivity index (χ2n) is 3.93. The second-order valence-corrected chi connectivity index (χ2v) is 6.06. The lowest BCUT2D eigenvalue weighted by atomic mass is 10.2. The van der Waals surface area contributed by atoms with Gasteiger partial charge in [0, 0.05) is 20.2 Å². The van der Waals surface area contributed by atoms with E-state index < -0.39 is 0 Å². The quantitative estimate of drug-likeness (QED) is 0.688. The highest BCUT2D eigenvalue weighted by molar-refractivity contribution is 9.11. The Morgan fingerprint density at radius 3 is 2.62 bits per heavy atom. The van der Waals surface area contributed by atoms with Gasteiger partial charge in [-0.25, -0.2) is 9.97 Å². The van der Waals surface area contributed by atoms with E-state index in [0.29, 0.717) is 11.1 Å². The lowest BCUT2D eigenvalue weighted by Gasteiger charge is -2.05. The van der Waals surface area contributed by atoms with Crippen molar-refractivity contribution in [2.75, 3.05) is 0 Å². The van der Waals surface area contributed by atoms with E-state index in [0.717, 1.165) is 25.7 Å². The fourth-order valence-corrected chi connectivity index (χ4v) is 3.21. The number of fused-ring (bicyclic) bond motifs is 1. The normalized spacial score (nSPS) is 15.7. The molecule has 1 fully saturated rings. The lowest BCUT2D eigenvalue weighted by molar-refractivity contribution is 0.947. The molecule has 0 N–H and O–H groups in total. The Hall–Kier alpha value is -0.190. The zero-order valence-electron chi connectivity index (χ0n) is 8.17. The van der Waals surface area contributed by atoms with Crippen LogP contribution in [0.5, 0.6) is 0 Å². The standard InChI is InChI=1S/C11H7Br2ClN2/c12-6-3-7-9(8(13)4-6)15-11(5-1-2-5)16-10(7)14/h3-5H,1-2H2.